The van der Waals surface area contributed by atoms with Gasteiger partial charge < -0.3 is 20.2 Å². The summed E-state index contributed by atoms with van der Waals surface area (Å²) >= 11 is 1.18. The standard InChI is InChI=1S/C31H30FN7O4S/c1-2-12-37-18-27(41)38-25(13-20-5-8-23(40)9-6-20)30(42)36(16-22-7-10-24(32)29-28(22)35-19-44-29)17-26(38)39(37)31(43)34-15-21-4-3-11-33-14-21/h2-11,14,19,25-26,40H,1,12-13,15-18H2,(H,34,43)/t25-,26-/m0/s1. The van der Waals surface area contributed by atoms with E-state index in [1.807, 2.05) is 6.07 Å². The Morgan fingerprint density at radius 2 is 1.98 bits per heavy atom. The predicted octanol–water partition coefficient (Wildman–Crippen LogP) is 3.27. The van der Waals surface area contributed by atoms with Crippen LogP contribution >= 0.6 is 11.3 Å². The molecule has 2 aromatic heterocycles. The molecule has 0 aliphatic carbocycles. The number of urea groups is 1. The number of aromatic hydroxyl groups is 1. The number of halogens is 1. The van der Waals surface area contributed by atoms with Crippen LogP contribution in [-0.2, 0) is 29.1 Å². The van der Waals surface area contributed by atoms with Gasteiger partial charge in [0.1, 0.15) is 23.8 Å². The number of pyridine rings is 1. The summed E-state index contributed by atoms with van der Waals surface area (Å²) in [6.07, 6.45) is 4.25. The van der Waals surface area contributed by atoms with Crippen LogP contribution in [0.15, 0.2) is 79.1 Å². The first-order chi connectivity index (χ1) is 21.3. The summed E-state index contributed by atoms with van der Waals surface area (Å²) in [4.78, 5) is 53.3. The first-order valence-electron chi connectivity index (χ1n) is 14.0. The lowest BCUT2D eigenvalue weighted by Crippen LogP contribution is -2.76. The molecule has 0 saturated carbocycles. The molecule has 0 spiro atoms. The van der Waals surface area contributed by atoms with Crippen LogP contribution in [0.3, 0.4) is 0 Å². The molecular formula is C31H30FN7O4S. The molecule has 0 radical (unpaired) electrons. The fourth-order valence-corrected chi connectivity index (χ4v) is 6.51. The van der Waals surface area contributed by atoms with Gasteiger partial charge in [-0.05, 0) is 41.0 Å². The molecule has 4 aromatic rings. The number of hydrazine groups is 1. The topological polar surface area (TPSA) is 122 Å². The van der Waals surface area contributed by atoms with Crippen molar-refractivity contribution in [3.05, 3.63) is 102 Å². The maximum Gasteiger partial charge on any atom is 0.334 e. The van der Waals surface area contributed by atoms with Gasteiger partial charge in [0, 0.05) is 38.4 Å². The number of hydrogen-bond donors (Lipinski definition) is 2. The molecule has 2 aliphatic heterocycles. The average Bonchev–Trinajstić information content (AvgIpc) is 3.52. The fraction of sp³-hybridized carbons (Fsp3) is 0.258. The molecule has 2 fully saturated rings. The smallest absolute Gasteiger partial charge is 0.334 e. The zero-order valence-corrected chi connectivity index (χ0v) is 24.5. The number of carbonyl (C=O) groups is 3. The highest BCUT2D eigenvalue weighted by Crippen LogP contribution is 2.31. The van der Waals surface area contributed by atoms with Gasteiger partial charge in [0.2, 0.25) is 11.8 Å². The van der Waals surface area contributed by atoms with Crippen molar-refractivity contribution < 1.29 is 23.9 Å². The molecule has 2 atom stereocenters. The van der Waals surface area contributed by atoms with Gasteiger partial charge in [-0.3, -0.25) is 14.6 Å². The van der Waals surface area contributed by atoms with E-state index in [0.717, 1.165) is 11.1 Å². The second-order valence-electron chi connectivity index (χ2n) is 10.6. The highest BCUT2D eigenvalue weighted by molar-refractivity contribution is 7.16. The lowest BCUT2D eigenvalue weighted by molar-refractivity contribution is -0.189. The Hall–Kier alpha value is -4.88. The van der Waals surface area contributed by atoms with E-state index in [0.29, 0.717) is 15.8 Å². The summed E-state index contributed by atoms with van der Waals surface area (Å²) < 4.78 is 14.9. The molecule has 2 saturated heterocycles. The zero-order chi connectivity index (χ0) is 30.8. The van der Waals surface area contributed by atoms with Gasteiger partial charge in [0.05, 0.1) is 28.8 Å². The monoisotopic (exact) mass is 615 g/mol. The Labute approximate surface area is 256 Å². The van der Waals surface area contributed by atoms with E-state index in [1.165, 1.54) is 39.4 Å². The largest absolute Gasteiger partial charge is 0.508 e. The summed E-state index contributed by atoms with van der Waals surface area (Å²) in [6.45, 7) is 4.25. The number of carbonyl (C=O) groups excluding carboxylic acids is 3. The van der Waals surface area contributed by atoms with Crippen LogP contribution < -0.4 is 5.32 Å². The number of phenols is 1. The van der Waals surface area contributed by atoms with Crippen LogP contribution in [0.4, 0.5) is 9.18 Å². The normalized spacial score (nSPS) is 18.9. The summed E-state index contributed by atoms with van der Waals surface area (Å²) in [5.74, 6) is -0.906. The van der Waals surface area contributed by atoms with Gasteiger partial charge in [0.15, 0.2) is 0 Å². The highest BCUT2D eigenvalue weighted by Gasteiger charge is 2.51. The van der Waals surface area contributed by atoms with Gasteiger partial charge in [-0.15, -0.1) is 17.9 Å². The number of thiazole rings is 1. The Morgan fingerprint density at radius 3 is 2.73 bits per heavy atom. The number of fused-ring (bicyclic) bond motifs is 2. The molecule has 6 rings (SSSR count). The van der Waals surface area contributed by atoms with Gasteiger partial charge in [0.25, 0.3) is 0 Å². The molecule has 4 amide bonds. The van der Waals surface area contributed by atoms with Crippen molar-refractivity contribution in [2.75, 3.05) is 19.6 Å². The van der Waals surface area contributed by atoms with E-state index in [9.17, 15) is 23.9 Å². The number of benzene rings is 2. The van der Waals surface area contributed by atoms with E-state index in [-0.39, 0.29) is 62.5 Å². The molecule has 4 heterocycles. The molecule has 2 aromatic carbocycles. The zero-order valence-electron chi connectivity index (χ0n) is 23.7. The SMILES string of the molecule is C=CCN1CC(=O)N2[C@@H](Cc3ccc(O)cc3)C(=O)N(Cc3ccc(F)c4scnc34)C[C@@H]2N1C(=O)NCc1cccnc1. The molecule has 226 valence electrons. The van der Waals surface area contributed by atoms with Gasteiger partial charge >= 0.3 is 6.03 Å². The second-order valence-corrected chi connectivity index (χ2v) is 11.5. The first-order valence-corrected chi connectivity index (χ1v) is 14.9. The molecule has 0 unspecified atom stereocenters. The molecule has 13 heteroatoms. The summed E-state index contributed by atoms with van der Waals surface area (Å²) in [6, 6.07) is 11.7. The van der Waals surface area contributed by atoms with Crippen LogP contribution in [0.1, 0.15) is 16.7 Å². The van der Waals surface area contributed by atoms with Crippen LogP contribution in [0, 0.1) is 5.82 Å². The molecule has 2 aliphatic rings. The fourth-order valence-electron chi connectivity index (χ4n) is 5.77. The van der Waals surface area contributed by atoms with Gasteiger partial charge in [-0.1, -0.05) is 30.3 Å². The molecule has 11 nitrogen and oxygen atoms in total. The van der Waals surface area contributed by atoms with Crippen LogP contribution in [0.2, 0.25) is 0 Å². The van der Waals surface area contributed by atoms with E-state index in [4.69, 9.17) is 0 Å². The van der Waals surface area contributed by atoms with Crippen molar-refractivity contribution in [3.8, 4) is 5.75 Å². The Kier molecular flexibility index (Phi) is 8.22. The third-order valence-corrected chi connectivity index (χ3v) is 8.63. The molecule has 44 heavy (non-hydrogen) atoms. The maximum absolute atomic E-state index is 14.5. The van der Waals surface area contributed by atoms with Gasteiger partial charge in [-0.2, -0.15) is 0 Å². The molecule has 0 bridgehead atoms. The van der Waals surface area contributed by atoms with Crippen molar-refractivity contribution in [1.82, 2.24) is 35.1 Å². The summed E-state index contributed by atoms with van der Waals surface area (Å²) in [5, 5.41) is 15.9. The minimum Gasteiger partial charge on any atom is -0.508 e. The van der Waals surface area contributed by atoms with Crippen LogP contribution in [0.5, 0.6) is 5.75 Å². The third-order valence-electron chi connectivity index (χ3n) is 7.79. The number of nitrogens with zero attached hydrogens (tertiary/aromatic N) is 6. The van der Waals surface area contributed by atoms with E-state index in [1.54, 1.807) is 58.2 Å². The summed E-state index contributed by atoms with van der Waals surface area (Å²) in [7, 11) is 0. The number of phenolic OH excluding ortho intramolecular Hbond substituents is 1. The first kappa shape index (κ1) is 29.2. The minimum atomic E-state index is -0.934. The average molecular weight is 616 g/mol. The number of nitrogens with one attached hydrogen (secondary N) is 1. The second kappa shape index (κ2) is 12.4. The number of amides is 4. The Bertz CT molecular complexity index is 1700. The highest BCUT2D eigenvalue weighted by atomic mass is 32.1. The number of piperazine rings is 1. The van der Waals surface area contributed by atoms with E-state index < -0.39 is 18.2 Å². The van der Waals surface area contributed by atoms with E-state index in [2.05, 4.69) is 21.9 Å². The quantitative estimate of drug-likeness (QED) is 0.292. The lowest BCUT2D eigenvalue weighted by Gasteiger charge is -2.55. The van der Waals surface area contributed by atoms with Crippen LogP contribution in [0.25, 0.3) is 10.2 Å². The molecular weight excluding hydrogens is 585 g/mol. The minimum absolute atomic E-state index is 0.0214. The van der Waals surface area contributed by atoms with Crippen molar-refractivity contribution in [2.45, 2.75) is 31.7 Å². The van der Waals surface area contributed by atoms with Crippen LogP contribution in [-0.4, -0.2) is 84.6 Å². The van der Waals surface area contributed by atoms with Crippen molar-refractivity contribution >= 4 is 39.4 Å². The Morgan fingerprint density at radius 1 is 1.16 bits per heavy atom. The van der Waals surface area contributed by atoms with Crippen molar-refractivity contribution in [1.29, 1.82) is 0 Å². The third kappa shape index (κ3) is 5.71. The maximum atomic E-state index is 14.5. The van der Waals surface area contributed by atoms with Crippen molar-refractivity contribution in [3.63, 3.8) is 0 Å². The summed E-state index contributed by atoms with van der Waals surface area (Å²) in [5.41, 5.74) is 4.23. The number of hydrogen-bond acceptors (Lipinski definition) is 8. The predicted molar refractivity (Wildman–Crippen MR) is 161 cm³/mol. The van der Waals surface area contributed by atoms with E-state index >= 15 is 0 Å². The lowest BCUT2D eigenvalue weighted by atomic mass is 9.98. The molecule has 2 N–H and O–H groups in total. The van der Waals surface area contributed by atoms with Crippen molar-refractivity contribution in [2.24, 2.45) is 0 Å². The number of rotatable bonds is 8. The van der Waals surface area contributed by atoms with Gasteiger partial charge in [-0.25, -0.2) is 24.2 Å². The number of aromatic nitrogens is 2. The Balaban J connectivity index is 1.37.